The number of rotatable bonds is 9. The van der Waals surface area contributed by atoms with Crippen LogP contribution in [0.25, 0.3) is 16.7 Å². The van der Waals surface area contributed by atoms with Crippen molar-refractivity contribution in [3.05, 3.63) is 89.5 Å². The molecule has 1 aliphatic rings. The largest absolute Gasteiger partial charge is 0.493 e. The topological polar surface area (TPSA) is 74.6 Å². The quantitative estimate of drug-likeness (QED) is 0.260. The van der Waals surface area contributed by atoms with Crippen molar-refractivity contribution in [2.45, 2.75) is 33.2 Å². The van der Waals surface area contributed by atoms with Gasteiger partial charge in [-0.25, -0.2) is 9.78 Å². The molecular formula is C31H33N3O4. The van der Waals surface area contributed by atoms with Gasteiger partial charge in [0.25, 0.3) is 0 Å². The summed E-state index contributed by atoms with van der Waals surface area (Å²) in [6.45, 7) is 7.02. The zero-order valence-electron chi connectivity index (χ0n) is 22.2. The first kappa shape index (κ1) is 25.4. The molecule has 196 valence electrons. The van der Waals surface area contributed by atoms with E-state index < -0.39 is 6.04 Å². The highest BCUT2D eigenvalue weighted by molar-refractivity contribution is 6.03. The molecule has 0 fully saturated rings. The fourth-order valence-electron chi connectivity index (χ4n) is 4.79. The maximum absolute atomic E-state index is 13.7. The van der Waals surface area contributed by atoms with Crippen molar-refractivity contribution < 1.29 is 19.0 Å². The number of imidazole rings is 1. The Balaban J connectivity index is 1.71. The minimum Gasteiger partial charge on any atom is -0.493 e. The molecule has 5 rings (SSSR count). The molecular weight excluding hydrogens is 478 g/mol. The van der Waals surface area contributed by atoms with E-state index in [1.165, 1.54) is 0 Å². The van der Waals surface area contributed by atoms with E-state index in [0.717, 1.165) is 28.6 Å². The molecule has 0 unspecified atom stereocenters. The summed E-state index contributed by atoms with van der Waals surface area (Å²) in [6.07, 6.45) is 0.944. The zero-order valence-corrected chi connectivity index (χ0v) is 22.2. The first-order valence-electron chi connectivity index (χ1n) is 13.0. The number of carbonyl (C=O) groups excluding carboxylic acids is 1. The molecule has 0 aliphatic carbocycles. The maximum Gasteiger partial charge on any atom is 0.338 e. The molecule has 7 heteroatoms. The molecule has 4 aromatic rings. The van der Waals surface area contributed by atoms with Crippen LogP contribution in [0.4, 0.5) is 5.95 Å². The number of ether oxygens (including phenoxy) is 3. The number of benzene rings is 3. The molecule has 1 atom stereocenters. The second kappa shape index (κ2) is 11.0. The second-order valence-electron chi connectivity index (χ2n) is 9.64. The second-order valence-corrected chi connectivity index (χ2v) is 9.64. The highest BCUT2D eigenvalue weighted by atomic mass is 16.5. The summed E-state index contributed by atoms with van der Waals surface area (Å²) in [7, 11) is 1.63. The first-order chi connectivity index (χ1) is 18.5. The predicted molar refractivity (Wildman–Crippen MR) is 149 cm³/mol. The SMILES string of the molecule is CCOC(=O)C1=C(c2ccccc2)Nc2nc3ccccc3n2[C@@H]1c1ccc(OCCC(C)C)c(OC)c1. The molecule has 0 saturated heterocycles. The van der Waals surface area contributed by atoms with E-state index in [1.807, 2.05) is 79.7 Å². The summed E-state index contributed by atoms with van der Waals surface area (Å²) >= 11 is 0. The summed E-state index contributed by atoms with van der Waals surface area (Å²) in [4.78, 5) is 18.5. The van der Waals surface area contributed by atoms with Gasteiger partial charge < -0.3 is 19.5 Å². The fraction of sp³-hybridized carbons (Fsp3) is 0.290. The van der Waals surface area contributed by atoms with Gasteiger partial charge in [-0.05, 0) is 54.7 Å². The van der Waals surface area contributed by atoms with Gasteiger partial charge in [0.15, 0.2) is 11.5 Å². The van der Waals surface area contributed by atoms with E-state index in [1.54, 1.807) is 7.11 Å². The molecule has 0 amide bonds. The molecule has 7 nitrogen and oxygen atoms in total. The van der Waals surface area contributed by atoms with Gasteiger partial charge in [0.2, 0.25) is 5.95 Å². The van der Waals surface area contributed by atoms with Crippen molar-refractivity contribution in [2.75, 3.05) is 25.6 Å². The van der Waals surface area contributed by atoms with Crippen LogP contribution in [-0.4, -0.2) is 35.8 Å². The van der Waals surface area contributed by atoms with Gasteiger partial charge in [0, 0.05) is 0 Å². The van der Waals surface area contributed by atoms with E-state index in [-0.39, 0.29) is 12.6 Å². The van der Waals surface area contributed by atoms with Crippen LogP contribution in [-0.2, 0) is 9.53 Å². The van der Waals surface area contributed by atoms with Gasteiger partial charge in [-0.3, -0.25) is 4.57 Å². The Morgan fingerprint density at radius 1 is 1.03 bits per heavy atom. The number of hydrogen-bond donors (Lipinski definition) is 1. The summed E-state index contributed by atoms with van der Waals surface area (Å²) in [5.41, 5.74) is 4.65. The summed E-state index contributed by atoms with van der Waals surface area (Å²) in [5.74, 6) is 2.09. The van der Waals surface area contributed by atoms with Gasteiger partial charge in [-0.2, -0.15) is 0 Å². The summed E-state index contributed by atoms with van der Waals surface area (Å²) in [5, 5.41) is 3.44. The van der Waals surface area contributed by atoms with Crippen LogP contribution >= 0.6 is 0 Å². The van der Waals surface area contributed by atoms with Crippen molar-refractivity contribution in [3.8, 4) is 11.5 Å². The third kappa shape index (κ3) is 4.84. The van der Waals surface area contributed by atoms with E-state index in [0.29, 0.717) is 41.2 Å². The maximum atomic E-state index is 13.7. The van der Waals surface area contributed by atoms with Crippen molar-refractivity contribution in [1.29, 1.82) is 0 Å². The molecule has 1 aromatic heterocycles. The highest BCUT2D eigenvalue weighted by Crippen LogP contribution is 2.44. The lowest BCUT2D eigenvalue weighted by Gasteiger charge is -2.31. The minimum atomic E-state index is -0.508. The van der Waals surface area contributed by atoms with Crippen molar-refractivity contribution in [2.24, 2.45) is 5.92 Å². The van der Waals surface area contributed by atoms with Crippen LogP contribution < -0.4 is 14.8 Å². The van der Waals surface area contributed by atoms with E-state index in [9.17, 15) is 4.79 Å². The van der Waals surface area contributed by atoms with Gasteiger partial charge in [-0.1, -0.05) is 62.4 Å². The van der Waals surface area contributed by atoms with Crippen LogP contribution in [0.15, 0.2) is 78.4 Å². The molecule has 0 bridgehead atoms. The third-order valence-electron chi connectivity index (χ3n) is 6.65. The molecule has 1 aliphatic heterocycles. The molecule has 3 aromatic carbocycles. The lowest BCUT2D eigenvalue weighted by atomic mass is 9.92. The number of nitrogens with one attached hydrogen (secondary N) is 1. The predicted octanol–water partition coefficient (Wildman–Crippen LogP) is 6.46. The Labute approximate surface area is 223 Å². The molecule has 2 heterocycles. The Morgan fingerprint density at radius 2 is 1.79 bits per heavy atom. The lowest BCUT2D eigenvalue weighted by molar-refractivity contribution is -0.138. The van der Waals surface area contributed by atoms with Crippen LogP contribution in [0, 0.1) is 5.92 Å². The number of hydrogen-bond acceptors (Lipinski definition) is 6. The number of fused-ring (bicyclic) bond motifs is 3. The molecule has 0 saturated carbocycles. The number of methoxy groups -OCH3 is 1. The number of carbonyl (C=O) groups is 1. The highest BCUT2D eigenvalue weighted by Gasteiger charge is 2.37. The number of para-hydroxylation sites is 2. The van der Waals surface area contributed by atoms with E-state index in [2.05, 4.69) is 23.7 Å². The van der Waals surface area contributed by atoms with Crippen molar-refractivity contribution in [3.63, 3.8) is 0 Å². The lowest BCUT2D eigenvalue weighted by Crippen LogP contribution is -2.29. The van der Waals surface area contributed by atoms with E-state index >= 15 is 0 Å². The Kier molecular flexibility index (Phi) is 7.36. The average molecular weight is 512 g/mol. The zero-order chi connectivity index (χ0) is 26.6. The van der Waals surface area contributed by atoms with Crippen molar-refractivity contribution >= 4 is 28.6 Å². The minimum absolute atomic E-state index is 0.264. The van der Waals surface area contributed by atoms with Crippen molar-refractivity contribution in [1.82, 2.24) is 9.55 Å². The van der Waals surface area contributed by atoms with Crippen LogP contribution in [0.1, 0.15) is 44.4 Å². The summed E-state index contributed by atoms with van der Waals surface area (Å²) < 4.78 is 19.5. The standard InChI is InChI=1S/C31H33N3O4/c1-5-37-30(35)27-28(21-11-7-6-8-12-21)33-31-32-23-13-9-10-14-24(23)34(31)29(27)22-15-16-25(26(19-22)36-4)38-18-17-20(2)3/h6-16,19-20,29H,5,17-18H2,1-4H3,(H,32,33)/t29-/m1/s1. The van der Waals surface area contributed by atoms with E-state index in [4.69, 9.17) is 19.2 Å². The normalized spacial score (nSPS) is 14.8. The monoisotopic (exact) mass is 511 g/mol. The number of anilines is 1. The average Bonchev–Trinajstić information content (AvgIpc) is 3.31. The Hall–Kier alpha value is -4.26. The van der Waals surface area contributed by atoms with Crippen LogP contribution in [0.5, 0.6) is 11.5 Å². The molecule has 38 heavy (non-hydrogen) atoms. The first-order valence-corrected chi connectivity index (χ1v) is 13.0. The smallest absolute Gasteiger partial charge is 0.338 e. The molecule has 1 N–H and O–H groups in total. The van der Waals surface area contributed by atoms with Crippen LogP contribution in [0.3, 0.4) is 0 Å². The van der Waals surface area contributed by atoms with Gasteiger partial charge >= 0.3 is 5.97 Å². The Bertz CT molecular complexity index is 1470. The molecule has 0 spiro atoms. The van der Waals surface area contributed by atoms with Gasteiger partial charge in [-0.15, -0.1) is 0 Å². The summed E-state index contributed by atoms with van der Waals surface area (Å²) in [6, 6.07) is 23.1. The number of nitrogens with zero attached hydrogens (tertiary/aromatic N) is 2. The Morgan fingerprint density at radius 3 is 2.53 bits per heavy atom. The third-order valence-corrected chi connectivity index (χ3v) is 6.65. The van der Waals surface area contributed by atoms with Crippen LogP contribution in [0.2, 0.25) is 0 Å². The van der Waals surface area contributed by atoms with Gasteiger partial charge in [0.1, 0.15) is 0 Å². The van der Waals surface area contributed by atoms with Gasteiger partial charge in [0.05, 0.1) is 48.7 Å². The number of esters is 1. The molecule has 0 radical (unpaired) electrons. The number of aromatic nitrogens is 2. The fourth-order valence-corrected chi connectivity index (χ4v) is 4.79.